The van der Waals surface area contributed by atoms with Crippen molar-refractivity contribution in [2.24, 2.45) is 0 Å². The zero-order chi connectivity index (χ0) is 12.8. The largest absolute Gasteiger partial charge is 0.384 e. The van der Waals surface area contributed by atoms with Crippen molar-refractivity contribution in [3.05, 3.63) is 22.8 Å². The second-order valence-corrected chi connectivity index (χ2v) is 5.54. The van der Waals surface area contributed by atoms with Gasteiger partial charge in [0.05, 0.1) is 0 Å². The molecule has 0 spiro atoms. The van der Waals surface area contributed by atoms with Crippen LogP contribution in [0.3, 0.4) is 0 Å². The number of anilines is 1. The van der Waals surface area contributed by atoms with Gasteiger partial charge in [0.2, 0.25) is 0 Å². The van der Waals surface area contributed by atoms with Gasteiger partial charge in [-0.1, -0.05) is 18.5 Å². The van der Waals surface area contributed by atoms with Crippen LogP contribution in [-0.4, -0.2) is 33.2 Å². The molecule has 0 fully saturated rings. The van der Waals surface area contributed by atoms with Crippen LogP contribution in [0, 0.1) is 0 Å². The number of hydrogen-bond acceptors (Lipinski definition) is 4. The Morgan fingerprint density at radius 1 is 1.59 bits per heavy atom. The summed E-state index contributed by atoms with van der Waals surface area (Å²) in [5.74, 6) is 0.925. The number of carbonyl (C=O) groups is 1. The monoisotopic (exact) mass is 275 g/mol. The lowest BCUT2D eigenvalue weighted by Gasteiger charge is -2.05. The van der Waals surface area contributed by atoms with Gasteiger partial charge < -0.3 is 11.1 Å². The topological polar surface area (TPSA) is 85.1 Å². The van der Waals surface area contributed by atoms with Crippen LogP contribution in [0.1, 0.15) is 17.3 Å². The molecular formula is C10H14ClN3O2S. The third kappa shape index (κ3) is 4.70. The fourth-order valence-electron chi connectivity index (χ4n) is 1.17. The minimum Gasteiger partial charge on any atom is -0.384 e. The van der Waals surface area contributed by atoms with E-state index in [4.69, 9.17) is 17.3 Å². The molecule has 0 bridgehead atoms. The lowest BCUT2D eigenvalue weighted by atomic mass is 10.2. The number of nitrogens with one attached hydrogen (secondary N) is 1. The number of rotatable bonds is 5. The summed E-state index contributed by atoms with van der Waals surface area (Å²) in [4.78, 5) is 15.4. The van der Waals surface area contributed by atoms with E-state index in [1.807, 2.05) is 6.92 Å². The summed E-state index contributed by atoms with van der Waals surface area (Å²) in [6, 6.07) is 2.88. The van der Waals surface area contributed by atoms with Crippen LogP contribution in [0.5, 0.6) is 0 Å². The van der Waals surface area contributed by atoms with E-state index in [0.29, 0.717) is 23.6 Å². The Hall–Kier alpha value is -1.14. The Balaban J connectivity index is 2.55. The molecular weight excluding hydrogens is 262 g/mol. The third-order valence-corrected chi connectivity index (χ3v) is 3.51. The molecule has 0 aliphatic rings. The van der Waals surface area contributed by atoms with E-state index in [1.54, 1.807) is 0 Å². The lowest BCUT2D eigenvalue weighted by molar-refractivity contribution is 0.0956. The Labute approximate surface area is 107 Å². The summed E-state index contributed by atoms with van der Waals surface area (Å²) >= 11 is 5.68. The molecule has 5 nitrogen and oxygen atoms in total. The highest BCUT2D eigenvalue weighted by atomic mass is 35.5. The molecule has 0 radical (unpaired) electrons. The number of amides is 1. The zero-order valence-corrected chi connectivity index (χ0v) is 11.0. The first-order valence-corrected chi connectivity index (χ1v) is 6.95. The van der Waals surface area contributed by atoms with Crippen molar-refractivity contribution in [1.82, 2.24) is 10.3 Å². The van der Waals surface area contributed by atoms with Crippen molar-refractivity contribution in [3.8, 4) is 0 Å². The van der Waals surface area contributed by atoms with Crippen LogP contribution in [-0.2, 0) is 10.8 Å². The van der Waals surface area contributed by atoms with Gasteiger partial charge in [0.1, 0.15) is 11.0 Å². The molecule has 1 aromatic rings. The molecule has 17 heavy (non-hydrogen) atoms. The second-order valence-electron chi connectivity index (χ2n) is 3.29. The molecule has 1 unspecified atom stereocenters. The van der Waals surface area contributed by atoms with Gasteiger partial charge in [-0.05, 0) is 12.1 Å². The van der Waals surface area contributed by atoms with Crippen molar-refractivity contribution in [2.75, 3.05) is 23.8 Å². The van der Waals surface area contributed by atoms with Gasteiger partial charge in [-0.15, -0.1) is 0 Å². The van der Waals surface area contributed by atoms with E-state index in [0.717, 1.165) is 0 Å². The number of nitrogens with two attached hydrogens (primary N) is 1. The summed E-state index contributed by atoms with van der Waals surface area (Å²) in [7, 11) is -0.886. The van der Waals surface area contributed by atoms with Gasteiger partial charge in [-0.3, -0.25) is 9.00 Å². The van der Waals surface area contributed by atoms with E-state index in [-0.39, 0.29) is 16.9 Å². The molecule has 1 amide bonds. The molecule has 0 saturated carbocycles. The molecule has 1 atom stereocenters. The van der Waals surface area contributed by atoms with Gasteiger partial charge in [0, 0.05) is 34.4 Å². The maximum atomic E-state index is 11.7. The Morgan fingerprint density at radius 2 is 2.29 bits per heavy atom. The minimum absolute atomic E-state index is 0.173. The quantitative estimate of drug-likeness (QED) is 0.779. The highest BCUT2D eigenvalue weighted by Gasteiger charge is 2.08. The molecule has 3 N–H and O–H groups in total. The fraction of sp³-hybridized carbons (Fsp3) is 0.400. The number of nitrogen functional groups attached to an aromatic ring is 1. The summed E-state index contributed by atoms with van der Waals surface area (Å²) in [6.45, 7) is 2.19. The molecule has 1 heterocycles. The average molecular weight is 276 g/mol. The number of halogens is 1. The van der Waals surface area contributed by atoms with Gasteiger partial charge in [0.25, 0.3) is 5.91 Å². The average Bonchev–Trinajstić information content (AvgIpc) is 2.27. The number of hydrogen-bond donors (Lipinski definition) is 2. The van der Waals surface area contributed by atoms with Crippen molar-refractivity contribution in [3.63, 3.8) is 0 Å². The molecule has 0 aliphatic heterocycles. The number of nitrogens with zero attached hydrogens (tertiary/aromatic N) is 1. The Morgan fingerprint density at radius 3 is 2.88 bits per heavy atom. The first-order chi connectivity index (χ1) is 8.02. The Kier molecular flexibility index (Phi) is 5.37. The van der Waals surface area contributed by atoms with Gasteiger partial charge in [-0.2, -0.15) is 0 Å². The molecule has 1 rings (SSSR count). The minimum atomic E-state index is -0.886. The van der Waals surface area contributed by atoms with Crippen LogP contribution in [0.25, 0.3) is 0 Å². The van der Waals surface area contributed by atoms with Gasteiger partial charge in [-0.25, -0.2) is 4.98 Å². The highest BCUT2D eigenvalue weighted by Crippen LogP contribution is 2.11. The molecule has 0 saturated heterocycles. The predicted octanol–water partition coefficient (Wildman–Crippen LogP) is 0.816. The number of aromatic nitrogens is 1. The standard InChI is InChI=1S/C10H14ClN3O2S/c1-2-17(16)4-3-13-10(15)7-5-8(11)14-9(12)6-7/h5-6H,2-4H2,1H3,(H2,12,14)(H,13,15). The Bertz CT molecular complexity index is 419. The lowest BCUT2D eigenvalue weighted by Crippen LogP contribution is -2.28. The van der Waals surface area contributed by atoms with E-state index in [1.165, 1.54) is 12.1 Å². The van der Waals surface area contributed by atoms with Crippen molar-refractivity contribution in [1.29, 1.82) is 0 Å². The van der Waals surface area contributed by atoms with E-state index >= 15 is 0 Å². The fourth-order valence-corrected chi connectivity index (χ4v) is 2.01. The first-order valence-electron chi connectivity index (χ1n) is 5.09. The maximum Gasteiger partial charge on any atom is 0.251 e. The van der Waals surface area contributed by atoms with Crippen molar-refractivity contribution in [2.45, 2.75) is 6.92 Å². The summed E-state index contributed by atoms with van der Waals surface area (Å²) in [5, 5.41) is 2.82. The van der Waals surface area contributed by atoms with Crippen LogP contribution in [0.4, 0.5) is 5.82 Å². The van der Waals surface area contributed by atoms with Crippen LogP contribution in [0.2, 0.25) is 5.15 Å². The normalized spacial score (nSPS) is 12.1. The molecule has 1 aromatic heterocycles. The van der Waals surface area contributed by atoms with E-state index in [9.17, 15) is 9.00 Å². The predicted molar refractivity (Wildman–Crippen MR) is 69.5 cm³/mol. The summed E-state index contributed by atoms with van der Waals surface area (Å²) in [5.41, 5.74) is 5.82. The number of pyridine rings is 1. The van der Waals surface area contributed by atoms with Crippen LogP contribution in [0.15, 0.2) is 12.1 Å². The molecule has 7 heteroatoms. The second kappa shape index (κ2) is 6.56. The first kappa shape index (κ1) is 13.9. The van der Waals surface area contributed by atoms with E-state index < -0.39 is 10.8 Å². The zero-order valence-electron chi connectivity index (χ0n) is 9.40. The van der Waals surface area contributed by atoms with Crippen LogP contribution < -0.4 is 11.1 Å². The summed E-state index contributed by atoms with van der Waals surface area (Å²) in [6.07, 6.45) is 0. The third-order valence-electron chi connectivity index (χ3n) is 2.01. The smallest absolute Gasteiger partial charge is 0.251 e. The molecule has 0 aliphatic carbocycles. The van der Waals surface area contributed by atoms with E-state index in [2.05, 4.69) is 10.3 Å². The van der Waals surface area contributed by atoms with Crippen molar-refractivity contribution >= 4 is 34.1 Å². The molecule has 94 valence electrons. The SMILES string of the molecule is CCS(=O)CCNC(=O)c1cc(N)nc(Cl)c1. The van der Waals surface area contributed by atoms with Crippen molar-refractivity contribution < 1.29 is 9.00 Å². The maximum absolute atomic E-state index is 11.7. The molecule has 0 aromatic carbocycles. The summed E-state index contributed by atoms with van der Waals surface area (Å²) < 4.78 is 11.1. The number of carbonyl (C=O) groups excluding carboxylic acids is 1. The van der Waals surface area contributed by atoms with Gasteiger partial charge in [0.15, 0.2) is 0 Å². The highest BCUT2D eigenvalue weighted by molar-refractivity contribution is 7.84. The van der Waals surface area contributed by atoms with Crippen LogP contribution >= 0.6 is 11.6 Å². The van der Waals surface area contributed by atoms with Gasteiger partial charge >= 0.3 is 0 Å².